The van der Waals surface area contributed by atoms with Crippen LogP contribution in [0.4, 0.5) is 0 Å². The predicted octanol–water partition coefficient (Wildman–Crippen LogP) is 3.08. The van der Waals surface area contributed by atoms with Crippen molar-refractivity contribution in [2.24, 2.45) is 5.92 Å². The van der Waals surface area contributed by atoms with Crippen molar-refractivity contribution in [3.8, 4) is 10.6 Å². The maximum absolute atomic E-state index is 11.8. The first-order valence-electron chi connectivity index (χ1n) is 5.22. The van der Waals surface area contributed by atoms with Crippen molar-refractivity contribution in [2.45, 2.75) is 13.8 Å². The lowest BCUT2D eigenvalue weighted by Crippen LogP contribution is -2.09. The average Bonchev–Trinajstić information content (AvgIpc) is 2.94. The van der Waals surface area contributed by atoms with Crippen molar-refractivity contribution < 1.29 is 9.53 Å². The number of esters is 1. The Morgan fingerprint density at radius 2 is 2.35 bits per heavy atom. The van der Waals surface area contributed by atoms with Gasteiger partial charge < -0.3 is 4.74 Å². The van der Waals surface area contributed by atoms with Gasteiger partial charge in [0, 0.05) is 0 Å². The predicted molar refractivity (Wildman–Crippen MR) is 68.3 cm³/mol. The van der Waals surface area contributed by atoms with Crippen LogP contribution in [0, 0.1) is 5.92 Å². The number of carbonyl (C=O) groups excluding carboxylic acids is 1. The fourth-order valence-corrected chi connectivity index (χ4v) is 2.56. The topological polar surface area (TPSA) is 52.1 Å². The molecule has 0 atom stereocenters. The lowest BCUT2D eigenvalue weighted by Gasteiger charge is -2.05. The smallest absolute Gasteiger partial charge is 0.352 e. The molecule has 17 heavy (non-hydrogen) atoms. The highest BCUT2D eigenvalue weighted by Gasteiger charge is 2.19. The molecule has 4 nitrogen and oxygen atoms in total. The molecule has 0 aromatic carbocycles. The zero-order valence-corrected chi connectivity index (χ0v) is 11.2. The molecule has 2 aromatic heterocycles. The number of hydrogen-bond donors (Lipinski definition) is 0. The second-order valence-corrected chi connectivity index (χ2v) is 5.62. The molecule has 2 aromatic rings. The van der Waals surface area contributed by atoms with E-state index in [1.807, 2.05) is 31.4 Å². The third-order valence-corrected chi connectivity index (χ3v) is 3.56. The van der Waals surface area contributed by atoms with E-state index in [-0.39, 0.29) is 5.97 Å². The average molecular weight is 268 g/mol. The van der Waals surface area contributed by atoms with E-state index in [9.17, 15) is 4.79 Å². The highest BCUT2D eigenvalue weighted by molar-refractivity contribution is 7.14. The highest BCUT2D eigenvalue weighted by atomic mass is 32.1. The molecule has 6 heteroatoms. The van der Waals surface area contributed by atoms with Crippen LogP contribution in [0.5, 0.6) is 0 Å². The van der Waals surface area contributed by atoms with Crippen molar-refractivity contribution in [3.05, 3.63) is 22.4 Å². The Bertz CT molecular complexity index is 491. The Balaban J connectivity index is 2.17. The zero-order valence-electron chi connectivity index (χ0n) is 9.54. The summed E-state index contributed by atoms with van der Waals surface area (Å²) in [6.45, 7) is 4.41. The largest absolute Gasteiger partial charge is 0.461 e. The molecule has 90 valence electrons. The molecular weight excluding hydrogens is 256 g/mol. The zero-order chi connectivity index (χ0) is 12.3. The summed E-state index contributed by atoms with van der Waals surface area (Å²) in [7, 11) is 0. The van der Waals surface area contributed by atoms with Crippen molar-refractivity contribution in [2.75, 3.05) is 6.61 Å². The molecule has 0 spiro atoms. The van der Waals surface area contributed by atoms with Gasteiger partial charge in [0.1, 0.15) is 5.69 Å². The SMILES string of the molecule is CC(C)COC(=O)c1snnc1-c1cccs1. The number of nitrogens with zero attached hydrogens (tertiary/aromatic N) is 2. The van der Waals surface area contributed by atoms with Crippen LogP contribution >= 0.6 is 22.9 Å². The molecule has 0 saturated heterocycles. The van der Waals surface area contributed by atoms with Crippen LogP contribution in [-0.4, -0.2) is 22.2 Å². The van der Waals surface area contributed by atoms with Crippen LogP contribution in [0.15, 0.2) is 17.5 Å². The molecule has 2 rings (SSSR count). The molecule has 0 fully saturated rings. The van der Waals surface area contributed by atoms with Gasteiger partial charge in [-0.3, -0.25) is 0 Å². The minimum atomic E-state index is -0.336. The Kier molecular flexibility index (Phi) is 3.86. The summed E-state index contributed by atoms with van der Waals surface area (Å²) in [5.41, 5.74) is 0.624. The number of aromatic nitrogens is 2. The fourth-order valence-electron chi connectivity index (χ4n) is 1.21. The normalized spacial score (nSPS) is 10.8. The van der Waals surface area contributed by atoms with Crippen LogP contribution in [0.3, 0.4) is 0 Å². The maximum atomic E-state index is 11.8. The molecule has 0 unspecified atom stereocenters. The molecule has 0 aliphatic rings. The maximum Gasteiger partial charge on any atom is 0.352 e. The van der Waals surface area contributed by atoms with Crippen LogP contribution in [0.1, 0.15) is 23.5 Å². The van der Waals surface area contributed by atoms with E-state index < -0.39 is 0 Å². The van der Waals surface area contributed by atoms with Gasteiger partial charge in [-0.25, -0.2) is 4.79 Å². The summed E-state index contributed by atoms with van der Waals surface area (Å²) in [6, 6.07) is 3.84. The van der Waals surface area contributed by atoms with Crippen LogP contribution in [0.2, 0.25) is 0 Å². The molecule has 0 amide bonds. The van der Waals surface area contributed by atoms with Gasteiger partial charge in [-0.05, 0) is 28.9 Å². The summed E-state index contributed by atoms with van der Waals surface area (Å²) in [4.78, 5) is 13.3. The fraction of sp³-hybridized carbons (Fsp3) is 0.364. The summed E-state index contributed by atoms with van der Waals surface area (Å²) in [6.07, 6.45) is 0. The van der Waals surface area contributed by atoms with E-state index in [0.29, 0.717) is 23.1 Å². The summed E-state index contributed by atoms with van der Waals surface area (Å²) >= 11 is 2.61. The number of ether oxygens (including phenoxy) is 1. The van der Waals surface area contributed by atoms with Crippen LogP contribution < -0.4 is 0 Å². The summed E-state index contributed by atoms with van der Waals surface area (Å²) in [5, 5.41) is 5.93. The van der Waals surface area contributed by atoms with Crippen LogP contribution in [0.25, 0.3) is 10.6 Å². The quantitative estimate of drug-likeness (QED) is 0.800. The van der Waals surface area contributed by atoms with Crippen molar-refractivity contribution in [1.82, 2.24) is 9.59 Å². The van der Waals surface area contributed by atoms with E-state index in [0.717, 1.165) is 16.4 Å². The molecule has 0 aliphatic heterocycles. The van der Waals surface area contributed by atoms with E-state index in [4.69, 9.17) is 4.74 Å². The standard InChI is InChI=1S/C11H12N2O2S2/c1-7(2)6-15-11(14)10-9(12-13-17-10)8-4-3-5-16-8/h3-5,7H,6H2,1-2H3. The molecule has 0 N–H and O–H groups in total. The molecule has 0 radical (unpaired) electrons. The van der Waals surface area contributed by atoms with Gasteiger partial charge in [0.2, 0.25) is 0 Å². The number of hydrogen-bond acceptors (Lipinski definition) is 6. The molecule has 0 saturated carbocycles. The first kappa shape index (κ1) is 12.2. The highest BCUT2D eigenvalue weighted by Crippen LogP contribution is 2.28. The summed E-state index contributed by atoms with van der Waals surface area (Å²) in [5.74, 6) is -0.0119. The first-order valence-corrected chi connectivity index (χ1v) is 6.87. The van der Waals surface area contributed by atoms with Gasteiger partial charge in [0.15, 0.2) is 4.88 Å². The Hall–Kier alpha value is -1.27. The van der Waals surface area contributed by atoms with Crippen molar-refractivity contribution in [3.63, 3.8) is 0 Å². The second kappa shape index (κ2) is 5.37. The van der Waals surface area contributed by atoms with Crippen LogP contribution in [-0.2, 0) is 4.74 Å². The van der Waals surface area contributed by atoms with Gasteiger partial charge in [0.05, 0.1) is 11.5 Å². The van der Waals surface area contributed by atoms with Crippen molar-refractivity contribution in [1.29, 1.82) is 0 Å². The van der Waals surface area contributed by atoms with Gasteiger partial charge in [-0.15, -0.1) is 16.4 Å². The van der Waals surface area contributed by atoms with E-state index in [1.165, 1.54) is 11.3 Å². The third kappa shape index (κ3) is 2.89. The van der Waals surface area contributed by atoms with Gasteiger partial charge in [0.25, 0.3) is 0 Å². The number of carbonyl (C=O) groups is 1. The number of thiophene rings is 1. The van der Waals surface area contributed by atoms with E-state index >= 15 is 0 Å². The van der Waals surface area contributed by atoms with E-state index in [1.54, 1.807) is 0 Å². The number of rotatable bonds is 4. The Morgan fingerprint density at radius 1 is 1.53 bits per heavy atom. The van der Waals surface area contributed by atoms with E-state index in [2.05, 4.69) is 9.59 Å². The monoisotopic (exact) mass is 268 g/mol. The molecule has 2 heterocycles. The molecular formula is C11H12N2O2S2. The summed E-state index contributed by atoms with van der Waals surface area (Å²) < 4.78 is 9.01. The second-order valence-electron chi connectivity index (χ2n) is 3.92. The third-order valence-electron chi connectivity index (χ3n) is 1.98. The van der Waals surface area contributed by atoms with Gasteiger partial charge in [-0.1, -0.05) is 24.4 Å². The Labute approximate surface area is 107 Å². The van der Waals surface area contributed by atoms with Gasteiger partial charge >= 0.3 is 5.97 Å². The molecule has 0 aliphatic carbocycles. The minimum Gasteiger partial charge on any atom is -0.461 e. The van der Waals surface area contributed by atoms with Crippen molar-refractivity contribution >= 4 is 28.8 Å². The minimum absolute atomic E-state index is 0.324. The first-order chi connectivity index (χ1) is 8.18. The lowest BCUT2D eigenvalue weighted by atomic mass is 10.2. The molecule has 0 bridgehead atoms. The lowest BCUT2D eigenvalue weighted by molar-refractivity contribution is 0.0465. The van der Waals surface area contributed by atoms with Gasteiger partial charge in [-0.2, -0.15) is 0 Å². The Morgan fingerprint density at radius 3 is 3.00 bits per heavy atom.